The normalized spacial score (nSPS) is 9.65. The Labute approximate surface area is 145 Å². The second kappa shape index (κ2) is 8.37. The van der Waals surface area contributed by atoms with Crippen molar-refractivity contribution in [2.75, 3.05) is 5.73 Å². The van der Waals surface area contributed by atoms with Crippen LogP contribution in [0.15, 0.2) is 78.9 Å². The minimum absolute atomic E-state index is 0.0920. The topological polar surface area (TPSA) is 43.1 Å². The highest BCUT2D eigenvalue weighted by atomic mass is 35.5. The third kappa shape index (κ3) is 5.13. The number of nitrogens with two attached hydrogens (primary N) is 1. The fraction of sp³-hybridized carbons (Fsp3) is 0. The molecule has 3 aromatic rings. The fourth-order valence-corrected chi connectivity index (χ4v) is 2.30. The maximum Gasteiger partial charge on any atom is 0.194 e. The van der Waals surface area contributed by atoms with Gasteiger partial charge in [0.1, 0.15) is 0 Å². The summed E-state index contributed by atoms with van der Waals surface area (Å²) in [6.45, 7) is 0. The van der Waals surface area contributed by atoms with Crippen molar-refractivity contribution < 1.29 is 4.79 Å². The Balaban J connectivity index is 0.000000229. The van der Waals surface area contributed by atoms with Gasteiger partial charge in [-0.25, -0.2) is 0 Å². The number of carbonyl (C=O) groups is 1. The Morgan fingerprint density at radius 2 is 1.35 bits per heavy atom. The Morgan fingerprint density at radius 3 is 1.83 bits per heavy atom. The van der Waals surface area contributed by atoms with Gasteiger partial charge in [-0.1, -0.05) is 71.7 Å². The van der Waals surface area contributed by atoms with Crippen LogP contribution in [0.4, 0.5) is 5.69 Å². The lowest BCUT2D eigenvalue weighted by molar-refractivity contribution is 0.103. The highest BCUT2D eigenvalue weighted by Crippen LogP contribution is 2.21. The summed E-state index contributed by atoms with van der Waals surface area (Å²) in [4.78, 5) is 12.1. The van der Waals surface area contributed by atoms with E-state index in [4.69, 9.17) is 28.9 Å². The zero-order valence-electron chi connectivity index (χ0n) is 12.2. The standard InChI is InChI=1S/C13H10ClNO.C6H5Cl/c14-12-8-10(15)6-7-11(12)13(16)9-4-2-1-3-5-9;7-6-4-2-1-3-5-6/h1-8H,15H2;1-5H. The Kier molecular flexibility index (Phi) is 6.21. The molecular formula is C19H15Cl2NO. The van der Waals surface area contributed by atoms with E-state index in [2.05, 4.69) is 0 Å². The molecule has 2 N–H and O–H groups in total. The third-order valence-electron chi connectivity index (χ3n) is 3.01. The van der Waals surface area contributed by atoms with Crippen LogP contribution in [0.1, 0.15) is 15.9 Å². The van der Waals surface area contributed by atoms with Crippen LogP contribution in [0.2, 0.25) is 10.0 Å². The quantitative estimate of drug-likeness (QED) is 0.493. The molecule has 0 radical (unpaired) electrons. The van der Waals surface area contributed by atoms with E-state index in [-0.39, 0.29) is 5.78 Å². The monoisotopic (exact) mass is 343 g/mol. The van der Waals surface area contributed by atoms with E-state index in [9.17, 15) is 4.79 Å². The number of hydrogen-bond acceptors (Lipinski definition) is 2. The minimum atomic E-state index is -0.0920. The molecule has 23 heavy (non-hydrogen) atoms. The van der Waals surface area contributed by atoms with E-state index >= 15 is 0 Å². The number of rotatable bonds is 2. The molecule has 0 amide bonds. The number of anilines is 1. The summed E-state index contributed by atoms with van der Waals surface area (Å²) in [5.41, 5.74) is 7.21. The van der Waals surface area contributed by atoms with Crippen molar-refractivity contribution in [3.8, 4) is 0 Å². The molecule has 0 unspecified atom stereocenters. The summed E-state index contributed by atoms with van der Waals surface area (Å²) in [6.07, 6.45) is 0. The number of ketones is 1. The molecule has 3 rings (SSSR count). The predicted molar refractivity (Wildman–Crippen MR) is 97.2 cm³/mol. The lowest BCUT2D eigenvalue weighted by atomic mass is 10.0. The number of benzene rings is 3. The SMILES string of the molecule is Clc1ccccc1.Nc1ccc(C(=O)c2ccccc2)c(Cl)c1. The van der Waals surface area contributed by atoms with E-state index in [1.165, 1.54) is 0 Å². The van der Waals surface area contributed by atoms with Crippen molar-refractivity contribution in [1.29, 1.82) is 0 Å². The van der Waals surface area contributed by atoms with E-state index in [0.717, 1.165) is 5.02 Å². The van der Waals surface area contributed by atoms with Crippen LogP contribution in [0.25, 0.3) is 0 Å². The molecule has 0 bridgehead atoms. The van der Waals surface area contributed by atoms with Crippen LogP contribution in [0, 0.1) is 0 Å². The second-order valence-electron chi connectivity index (χ2n) is 4.73. The third-order valence-corrected chi connectivity index (χ3v) is 3.57. The van der Waals surface area contributed by atoms with E-state index in [0.29, 0.717) is 21.8 Å². The van der Waals surface area contributed by atoms with Crippen molar-refractivity contribution in [2.24, 2.45) is 0 Å². The largest absolute Gasteiger partial charge is 0.399 e. The summed E-state index contributed by atoms with van der Waals surface area (Å²) in [7, 11) is 0. The van der Waals surface area contributed by atoms with Crippen LogP contribution in [-0.2, 0) is 0 Å². The maximum absolute atomic E-state index is 12.1. The summed E-state index contributed by atoms with van der Waals surface area (Å²) >= 11 is 11.5. The summed E-state index contributed by atoms with van der Waals surface area (Å²) in [6, 6.07) is 23.4. The first-order chi connectivity index (χ1) is 11.1. The molecule has 0 saturated heterocycles. The molecule has 0 fully saturated rings. The smallest absolute Gasteiger partial charge is 0.194 e. The van der Waals surface area contributed by atoms with Crippen molar-refractivity contribution in [1.82, 2.24) is 0 Å². The summed E-state index contributed by atoms with van der Waals surface area (Å²) < 4.78 is 0. The van der Waals surface area contributed by atoms with E-state index < -0.39 is 0 Å². The lowest BCUT2D eigenvalue weighted by Gasteiger charge is -2.04. The molecule has 0 aliphatic carbocycles. The number of halogens is 2. The van der Waals surface area contributed by atoms with Crippen LogP contribution in [-0.4, -0.2) is 5.78 Å². The fourth-order valence-electron chi connectivity index (χ4n) is 1.88. The minimum Gasteiger partial charge on any atom is -0.399 e. The van der Waals surface area contributed by atoms with Gasteiger partial charge in [-0.2, -0.15) is 0 Å². The number of hydrogen-bond donors (Lipinski definition) is 1. The van der Waals surface area contributed by atoms with Gasteiger partial charge in [0.15, 0.2) is 5.78 Å². The molecule has 0 saturated carbocycles. The van der Waals surface area contributed by atoms with Gasteiger partial charge < -0.3 is 5.73 Å². The van der Waals surface area contributed by atoms with Crippen molar-refractivity contribution in [2.45, 2.75) is 0 Å². The number of carbonyl (C=O) groups excluding carboxylic acids is 1. The van der Waals surface area contributed by atoms with Crippen LogP contribution in [0.5, 0.6) is 0 Å². The van der Waals surface area contributed by atoms with E-state index in [1.54, 1.807) is 30.3 Å². The number of nitrogen functional groups attached to an aromatic ring is 1. The Bertz CT molecular complexity index is 774. The van der Waals surface area contributed by atoms with Crippen LogP contribution >= 0.6 is 23.2 Å². The molecule has 0 aliphatic rings. The zero-order chi connectivity index (χ0) is 16.7. The highest BCUT2D eigenvalue weighted by molar-refractivity contribution is 6.35. The molecule has 0 spiro atoms. The first-order valence-electron chi connectivity index (χ1n) is 6.93. The van der Waals surface area contributed by atoms with Crippen molar-refractivity contribution in [3.63, 3.8) is 0 Å². The lowest BCUT2D eigenvalue weighted by Crippen LogP contribution is -2.02. The first-order valence-corrected chi connectivity index (χ1v) is 7.69. The second-order valence-corrected chi connectivity index (χ2v) is 5.57. The molecule has 0 atom stereocenters. The molecule has 116 valence electrons. The zero-order valence-corrected chi connectivity index (χ0v) is 13.8. The van der Waals surface area contributed by atoms with E-state index in [1.807, 2.05) is 48.5 Å². The van der Waals surface area contributed by atoms with Crippen molar-refractivity contribution in [3.05, 3.63) is 100 Å². The summed E-state index contributed by atoms with van der Waals surface area (Å²) in [5, 5.41) is 1.18. The summed E-state index contributed by atoms with van der Waals surface area (Å²) in [5.74, 6) is -0.0920. The first kappa shape index (κ1) is 17.1. The van der Waals surface area contributed by atoms with Gasteiger partial charge in [0.2, 0.25) is 0 Å². The molecular weight excluding hydrogens is 329 g/mol. The van der Waals surface area contributed by atoms with Gasteiger partial charge >= 0.3 is 0 Å². The van der Waals surface area contributed by atoms with Crippen LogP contribution < -0.4 is 5.73 Å². The Hall–Kier alpha value is -2.29. The van der Waals surface area contributed by atoms with Crippen LogP contribution in [0.3, 0.4) is 0 Å². The average Bonchev–Trinajstić information content (AvgIpc) is 2.56. The molecule has 0 aromatic heterocycles. The molecule has 0 aliphatic heterocycles. The molecule has 4 heteroatoms. The molecule has 0 heterocycles. The van der Waals surface area contributed by atoms with Gasteiger partial charge in [0.25, 0.3) is 0 Å². The highest BCUT2D eigenvalue weighted by Gasteiger charge is 2.12. The molecule has 3 aromatic carbocycles. The van der Waals surface area contributed by atoms with Gasteiger partial charge in [-0.3, -0.25) is 4.79 Å². The van der Waals surface area contributed by atoms with Gasteiger partial charge in [0, 0.05) is 21.8 Å². The van der Waals surface area contributed by atoms with Gasteiger partial charge in [-0.15, -0.1) is 0 Å². The average molecular weight is 344 g/mol. The maximum atomic E-state index is 12.1. The van der Waals surface area contributed by atoms with Gasteiger partial charge in [0.05, 0.1) is 5.02 Å². The van der Waals surface area contributed by atoms with Crippen molar-refractivity contribution >= 4 is 34.7 Å². The molecule has 2 nitrogen and oxygen atoms in total. The Morgan fingerprint density at radius 1 is 0.783 bits per heavy atom. The predicted octanol–water partition coefficient (Wildman–Crippen LogP) is 5.49. The van der Waals surface area contributed by atoms with Gasteiger partial charge in [-0.05, 0) is 30.3 Å².